The lowest BCUT2D eigenvalue weighted by molar-refractivity contribution is -0.112. The normalized spacial score (nSPS) is 13.2. The van der Waals surface area contributed by atoms with Gasteiger partial charge in [-0.3, -0.25) is 4.79 Å². The maximum atomic E-state index is 12.8. The van der Waals surface area contributed by atoms with Crippen molar-refractivity contribution >= 4 is 34.3 Å². The fraction of sp³-hybridized carbons (Fsp3) is 0.318. The molecule has 2 N–H and O–H groups in total. The van der Waals surface area contributed by atoms with E-state index in [0.29, 0.717) is 16.1 Å². The van der Waals surface area contributed by atoms with Crippen molar-refractivity contribution in [2.75, 3.05) is 19.0 Å². The number of rotatable bonds is 6. The van der Waals surface area contributed by atoms with Crippen molar-refractivity contribution in [3.8, 4) is 17.6 Å². The highest BCUT2D eigenvalue weighted by atomic mass is 32.1. The molecule has 1 aliphatic rings. The van der Waals surface area contributed by atoms with Crippen LogP contribution in [0.5, 0.6) is 11.5 Å². The Kier molecular flexibility index (Phi) is 6.75. The maximum absolute atomic E-state index is 12.8. The zero-order valence-corrected chi connectivity index (χ0v) is 17.6. The number of anilines is 1. The molecular weight excluding hydrogens is 404 g/mol. The summed E-state index contributed by atoms with van der Waals surface area (Å²) in [7, 11) is 1.41. The smallest absolute Gasteiger partial charge is 0.341 e. The molecule has 1 heterocycles. The first kappa shape index (κ1) is 21.4. The van der Waals surface area contributed by atoms with Gasteiger partial charge in [0.05, 0.1) is 19.3 Å². The number of phenolic OH excluding ortho intramolecular Hbond substituents is 1. The molecule has 0 saturated heterocycles. The lowest BCUT2D eigenvalue weighted by Gasteiger charge is -2.12. The quantitative estimate of drug-likeness (QED) is 0.410. The summed E-state index contributed by atoms with van der Waals surface area (Å²) < 4.78 is 10.2. The molecule has 0 atom stereocenters. The summed E-state index contributed by atoms with van der Waals surface area (Å²) in [5.74, 6) is -0.885. The van der Waals surface area contributed by atoms with E-state index in [-0.39, 0.29) is 23.7 Å². The number of aromatic hydroxyl groups is 1. The van der Waals surface area contributed by atoms with E-state index < -0.39 is 11.9 Å². The number of methoxy groups -OCH3 is 1. The van der Waals surface area contributed by atoms with Crippen LogP contribution in [0.3, 0.4) is 0 Å². The second-order valence-electron chi connectivity index (χ2n) is 6.69. The molecule has 30 heavy (non-hydrogen) atoms. The lowest BCUT2D eigenvalue weighted by Crippen LogP contribution is -2.16. The monoisotopic (exact) mass is 426 g/mol. The van der Waals surface area contributed by atoms with Crippen LogP contribution in [0.4, 0.5) is 5.00 Å². The van der Waals surface area contributed by atoms with E-state index >= 15 is 0 Å². The minimum atomic E-state index is -0.617. The maximum Gasteiger partial charge on any atom is 0.341 e. The first-order chi connectivity index (χ1) is 14.5. The molecule has 156 valence electrons. The number of amides is 1. The Labute approximate surface area is 178 Å². The molecule has 0 radical (unpaired) electrons. The van der Waals surface area contributed by atoms with E-state index in [0.717, 1.165) is 36.1 Å². The van der Waals surface area contributed by atoms with E-state index in [4.69, 9.17) is 9.47 Å². The second kappa shape index (κ2) is 9.46. The minimum Gasteiger partial charge on any atom is -0.504 e. The van der Waals surface area contributed by atoms with Crippen molar-refractivity contribution < 1.29 is 24.2 Å². The highest BCUT2D eigenvalue weighted by molar-refractivity contribution is 7.17. The van der Waals surface area contributed by atoms with Gasteiger partial charge in [0, 0.05) is 4.88 Å². The molecule has 0 saturated carbocycles. The lowest BCUT2D eigenvalue weighted by atomic mass is 9.95. The molecule has 1 amide bonds. The van der Waals surface area contributed by atoms with Crippen LogP contribution >= 0.6 is 11.3 Å². The van der Waals surface area contributed by atoms with Gasteiger partial charge in [0.15, 0.2) is 11.5 Å². The summed E-state index contributed by atoms with van der Waals surface area (Å²) in [6.45, 7) is 1.97. The highest BCUT2D eigenvalue weighted by Crippen LogP contribution is 2.39. The zero-order chi connectivity index (χ0) is 21.7. The Bertz CT molecular complexity index is 1050. The average molecular weight is 426 g/mol. The molecule has 8 heteroatoms. The number of nitrogens with zero attached hydrogens (tertiary/aromatic N) is 1. The molecule has 2 aromatic rings. The Morgan fingerprint density at radius 1 is 1.33 bits per heavy atom. The van der Waals surface area contributed by atoms with Crippen LogP contribution in [0.1, 0.15) is 46.1 Å². The number of carbonyl (C=O) groups excluding carboxylic acids is 2. The third-order valence-electron chi connectivity index (χ3n) is 4.76. The van der Waals surface area contributed by atoms with Gasteiger partial charge in [-0.1, -0.05) is 6.07 Å². The second-order valence-corrected chi connectivity index (χ2v) is 7.80. The topological polar surface area (TPSA) is 109 Å². The molecule has 0 bridgehead atoms. The van der Waals surface area contributed by atoms with Crippen LogP contribution in [0.15, 0.2) is 23.8 Å². The molecule has 0 aliphatic heterocycles. The zero-order valence-electron chi connectivity index (χ0n) is 16.8. The number of aryl methyl sites for hydroxylation is 1. The summed E-state index contributed by atoms with van der Waals surface area (Å²) >= 11 is 1.36. The van der Waals surface area contributed by atoms with Crippen molar-refractivity contribution in [1.29, 1.82) is 5.26 Å². The van der Waals surface area contributed by atoms with E-state index in [1.807, 2.05) is 6.07 Å². The number of thiophene rings is 1. The van der Waals surface area contributed by atoms with E-state index in [1.165, 1.54) is 36.7 Å². The predicted molar refractivity (Wildman–Crippen MR) is 114 cm³/mol. The molecule has 0 unspecified atom stereocenters. The van der Waals surface area contributed by atoms with Crippen molar-refractivity contribution in [3.05, 3.63) is 45.3 Å². The van der Waals surface area contributed by atoms with E-state index in [2.05, 4.69) is 5.32 Å². The number of ether oxygens (including phenoxy) is 2. The van der Waals surface area contributed by atoms with Crippen molar-refractivity contribution in [1.82, 2.24) is 0 Å². The SMILES string of the molecule is CCOC(=O)c1c(NC(=O)/C(C#N)=C\c2ccc(O)c(OC)c2)sc2c1CCCC2. The van der Waals surface area contributed by atoms with Gasteiger partial charge < -0.3 is 19.9 Å². The van der Waals surface area contributed by atoms with Crippen LogP contribution in [0, 0.1) is 11.3 Å². The summed E-state index contributed by atoms with van der Waals surface area (Å²) in [4.78, 5) is 26.4. The van der Waals surface area contributed by atoms with Crippen molar-refractivity contribution in [2.45, 2.75) is 32.6 Å². The number of hydrogen-bond donors (Lipinski definition) is 2. The van der Waals surface area contributed by atoms with Crippen LogP contribution in [0.2, 0.25) is 0 Å². The predicted octanol–water partition coefficient (Wildman–Crippen LogP) is 4.06. The molecular formula is C22H22N2O5S. The highest BCUT2D eigenvalue weighted by Gasteiger charge is 2.27. The molecule has 0 fully saturated rings. The van der Waals surface area contributed by atoms with Gasteiger partial charge in [0.2, 0.25) is 0 Å². The Hall–Kier alpha value is -3.31. The van der Waals surface area contributed by atoms with Crippen LogP contribution in [-0.2, 0) is 22.4 Å². The summed E-state index contributed by atoms with van der Waals surface area (Å²) in [5.41, 5.74) is 1.72. The van der Waals surface area contributed by atoms with Gasteiger partial charge in [-0.15, -0.1) is 11.3 Å². The standard InChI is InChI=1S/C22H22N2O5S/c1-3-29-22(27)19-15-6-4-5-7-18(15)30-21(19)24-20(26)14(12-23)10-13-8-9-16(25)17(11-13)28-2/h8-11,25H,3-7H2,1-2H3,(H,24,26)/b14-10-. The Morgan fingerprint density at radius 3 is 2.80 bits per heavy atom. The van der Waals surface area contributed by atoms with Crippen molar-refractivity contribution in [2.24, 2.45) is 0 Å². The largest absolute Gasteiger partial charge is 0.504 e. The van der Waals surface area contributed by atoms with E-state index in [1.54, 1.807) is 13.0 Å². The summed E-state index contributed by atoms with van der Waals surface area (Å²) in [6, 6.07) is 6.40. The number of fused-ring (bicyclic) bond motifs is 1. The fourth-order valence-corrected chi connectivity index (χ4v) is 4.62. The molecule has 1 aliphatic carbocycles. The molecule has 7 nitrogen and oxygen atoms in total. The first-order valence-corrected chi connectivity index (χ1v) is 10.4. The molecule has 3 rings (SSSR count). The van der Waals surface area contributed by atoms with Gasteiger partial charge in [0.25, 0.3) is 5.91 Å². The van der Waals surface area contributed by atoms with Gasteiger partial charge in [0.1, 0.15) is 16.6 Å². The van der Waals surface area contributed by atoms with Crippen molar-refractivity contribution in [3.63, 3.8) is 0 Å². The first-order valence-electron chi connectivity index (χ1n) is 9.60. The van der Waals surface area contributed by atoms with Crippen LogP contribution in [-0.4, -0.2) is 30.7 Å². The number of carbonyl (C=O) groups is 2. The summed E-state index contributed by atoms with van der Waals surface area (Å²) in [5, 5.41) is 22.3. The number of esters is 1. The third-order valence-corrected chi connectivity index (χ3v) is 5.97. The third kappa shape index (κ3) is 4.47. The van der Waals surface area contributed by atoms with E-state index in [9.17, 15) is 20.0 Å². The molecule has 1 aromatic heterocycles. The van der Waals surface area contributed by atoms with Gasteiger partial charge in [-0.25, -0.2) is 4.79 Å². The average Bonchev–Trinajstić information content (AvgIpc) is 3.10. The van der Waals surface area contributed by atoms with Crippen LogP contribution in [0.25, 0.3) is 6.08 Å². The van der Waals surface area contributed by atoms with Crippen LogP contribution < -0.4 is 10.1 Å². The molecule has 0 spiro atoms. The number of nitriles is 1. The molecule has 1 aromatic carbocycles. The Morgan fingerprint density at radius 2 is 2.10 bits per heavy atom. The minimum absolute atomic E-state index is 0.0409. The van der Waals surface area contributed by atoms with Gasteiger partial charge in [-0.2, -0.15) is 5.26 Å². The van der Waals surface area contributed by atoms with Gasteiger partial charge >= 0.3 is 5.97 Å². The Balaban J connectivity index is 1.91. The number of phenols is 1. The number of nitrogens with one attached hydrogen (secondary N) is 1. The fourth-order valence-electron chi connectivity index (χ4n) is 3.34. The van der Waals surface area contributed by atoms with Gasteiger partial charge in [-0.05, 0) is 61.9 Å². The number of hydrogen-bond acceptors (Lipinski definition) is 7. The summed E-state index contributed by atoms with van der Waals surface area (Å²) in [6.07, 6.45) is 5.04. The number of benzene rings is 1.